The zero-order valence-corrected chi connectivity index (χ0v) is 12.1. The molecular weight excluding hydrogens is 268 g/mol. The van der Waals surface area contributed by atoms with Crippen molar-refractivity contribution in [3.05, 3.63) is 29.3 Å². The first-order chi connectivity index (χ1) is 10.00. The van der Waals surface area contributed by atoms with E-state index in [2.05, 4.69) is 10.6 Å². The molecule has 0 saturated heterocycles. The van der Waals surface area contributed by atoms with Crippen LogP contribution in [-0.4, -0.2) is 23.7 Å². The van der Waals surface area contributed by atoms with Crippen LogP contribution in [0.5, 0.6) is 0 Å². The Morgan fingerprint density at radius 1 is 1.33 bits per heavy atom. The molecule has 0 aliphatic heterocycles. The number of anilines is 1. The molecule has 2 fully saturated rings. The van der Waals surface area contributed by atoms with E-state index in [9.17, 15) is 9.59 Å². The Kier molecular flexibility index (Phi) is 3.35. The molecule has 5 nitrogen and oxygen atoms in total. The molecular formula is C16H20N2O3. The number of aromatic carboxylic acids is 1. The molecule has 0 aromatic heterocycles. The molecule has 1 aromatic rings. The van der Waals surface area contributed by atoms with Gasteiger partial charge in [-0.2, -0.15) is 0 Å². The molecule has 3 N–H and O–H groups in total. The molecule has 0 unspecified atom stereocenters. The first-order valence-corrected chi connectivity index (χ1v) is 7.39. The predicted octanol–water partition coefficient (Wildman–Crippen LogP) is 3.00. The van der Waals surface area contributed by atoms with E-state index in [1.165, 1.54) is 31.7 Å². The highest BCUT2D eigenvalue weighted by molar-refractivity contribution is 5.92. The molecule has 0 radical (unpaired) electrons. The maximum absolute atomic E-state index is 12.0. The van der Waals surface area contributed by atoms with Crippen molar-refractivity contribution >= 4 is 17.7 Å². The maximum atomic E-state index is 12.0. The van der Waals surface area contributed by atoms with Crippen molar-refractivity contribution in [1.29, 1.82) is 0 Å². The van der Waals surface area contributed by atoms with E-state index in [0.29, 0.717) is 11.1 Å². The van der Waals surface area contributed by atoms with Crippen LogP contribution in [0.15, 0.2) is 18.2 Å². The average molecular weight is 288 g/mol. The van der Waals surface area contributed by atoms with Crippen LogP contribution in [0.25, 0.3) is 0 Å². The van der Waals surface area contributed by atoms with Gasteiger partial charge in [0.05, 0.1) is 5.56 Å². The van der Waals surface area contributed by atoms with Crippen molar-refractivity contribution in [2.24, 2.45) is 11.3 Å². The van der Waals surface area contributed by atoms with Crippen molar-refractivity contribution < 1.29 is 14.7 Å². The van der Waals surface area contributed by atoms with Crippen LogP contribution in [-0.2, 0) is 0 Å². The van der Waals surface area contributed by atoms with Gasteiger partial charge in [0.25, 0.3) is 0 Å². The van der Waals surface area contributed by atoms with Gasteiger partial charge in [-0.25, -0.2) is 9.59 Å². The highest BCUT2D eigenvalue weighted by Gasteiger charge is 2.53. The Balaban J connectivity index is 1.56. The average Bonchev–Trinajstić information content (AvgIpc) is 3.31. The highest BCUT2D eigenvalue weighted by Crippen LogP contribution is 2.60. The summed E-state index contributed by atoms with van der Waals surface area (Å²) in [4.78, 5) is 22.8. The van der Waals surface area contributed by atoms with Gasteiger partial charge in [-0.3, -0.25) is 0 Å². The Hall–Kier alpha value is -2.04. The number of hydrogen-bond donors (Lipinski definition) is 3. The largest absolute Gasteiger partial charge is 0.478 e. The molecule has 1 aromatic carbocycles. The third-order valence-electron chi connectivity index (χ3n) is 4.66. The number of aryl methyl sites for hydroxylation is 1. The number of rotatable bonds is 5. The molecule has 21 heavy (non-hydrogen) atoms. The van der Waals surface area contributed by atoms with Crippen LogP contribution in [0.4, 0.5) is 10.5 Å². The molecule has 0 spiro atoms. The number of hydrogen-bond acceptors (Lipinski definition) is 2. The van der Waals surface area contributed by atoms with E-state index < -0.39 is 5.97 Å². The first kappa shape index (κ1) is 13.9. The number of urea groups is 1. The SMILES string of the molecule is Cc1cc(C(=O)O)ccc1NC(=O)NCC1(C2CC2)CC1. The summed E-state index contributed by atoms with van der Waals surface area (Å²) in [7, 11) is 0. The smallest absolute Gasteiger partial charge is 0.335 e. The van der Waals surface area contributed by atoms with Gasteiger partial charge in [0.2, 0.25) is 0 Å². The van der Waals surface area contributed by atoms with Gasteiger partial charge in [0.1, 0.15) is 0 Å². The number of carbonyl (C=O) groups excluding carboxylic acids is 1. The summed E-state index contributed by atoms with van der Waals surface area (Å²) in [5.41, 5.74) is 1.99. The summed E-state index contributed by atoms with van der Waals surface area (Å²) in [6.07, 6.45) is 5.06. The third kappa shape index (κ3) is 3.01. The summed E-state index contributed by atoms with van der Waals surface area (Å²) in [6, 6.07) is 4.47. The second-order valence-electron chi connectivity index (χ2n) is 6.28. The molecule has 0 heterocycles. The number of carboxylic acid groups (broad SMARTS) is 1. The summed E-state index contributed by atoms with van der Waals surface area (Å²) >= 11 is 0. The lowest BCUT2D eigenvalue weighted by Gasteiger charge is -2.16. The zero-order chi connectivity index (χ0) is 15.0. The van der Waals surface area contributed by atoms with E-state index in [1.54, 1.807) is 19.1 Å². The van der Waals surface area contributed by atoms with Crippen molar-refractivity contribution in [2.75, 3.05) is 11.9 Å². The van der Waals surface area contributed by atoms with Crippen molar-refractivity contribution in [2.45, 2.75) is 32.6 Å². The summed E-state index contributed by atoms with van der Waals surface area (Å²) in [6.45, 7) is 2.53. The molecule has 2 amide bonds. The molecule has 0 atom stereocenters. The maximum Gasteiger partial charge on any atom is 0.335 e. The van der Waals surface area contributed by atoms with Crippen molar-refractivity contribution in [1.82, 2.24) is 5.32 Å². The number of carboxylic acids is 1. The monoisotopic (exact) mass is 288 g/mol. The van der Waals surface area contributed by atoms with Crippen LogP contribution in [0, 0.1) is 18.3 Å². The zero-order valence-electron chi connectivity index (χ0n) is 12.1. The van der Waals surface area contributed by atoms with Gasteiger partial charge in [0, 0.05) is 12.2 Å². The number of nitrogens with one attached hydrogen (secondary N) is 2. The normalized spacial score (nSPS) is 18.9. The minimum Gasteiger partial charge on any atom is -0.478 e. The lowest BCUT2D eigenvalue weighted by Crippen LogP contribution is -2.34. The fraction of sp³-hybridized carbons (Fsp3) is 0.500. The number of benzene rings is 1. The Morgan fingerprint density at radius 2 is 2.05 bits per heavy atom. The van der Waals surface area contributed by atoms with Gasteiger partial charge < -0.3 is 15.7 Å². The van der Waals surface area contributed by atoms with Crippen LogP contribution < -0.4 is 10.6 Å². The number of carbonyl (C=O) groups is 2. The minimum absolute atomic E-state index is 0.215. The Morgan fingerprint density at radius 3 is 2.57 bits per heavy atom. The standard InChI is InChI=1S/C16H20N2O3/c1-10-8-11(14(19)20)2-5-13(10)18-15(21)17-9-16(6-7-16)12-3-4-12/h2,5,8,12H,3-4,6-7,9H2,1H3,(H,19,20)(H2,17,18,21). The quantitative estimate of drug-likeness (QED) is 0.779. The van der Waals surface area contributed by atoms with E-state index in [-0.39, 0.29) is 11.6 Å². The van der Waals surface area contributed by atoms with Crippen molar-refractivity contribution in [3.8, 4) is 0 Å². The molecule has 0 bridgehead atoms. The molecule has 2 aliphatic rings. The number of amides is 2. The van der Waals surface area contributed by atoms with Gasteiger partial charge in [-0.1, -0.05) is 0 Å². The predicted molar refractivity (Wildman–Crippen MR) is 79.6 cm³/mol. The van der Waals surface area contributed by atoms with Gasteiger partial charge in [0.15, 0.2) is 0 Å². The van der Waals surface area contributed by atoms with Crippen LogP contribution in [0.3, 0.4) is 0 Å². The molecule has 2 aliphatic carbocycles. The Bertz CT molecular complexity index is 589. The first-order valence-electron chi connectivity index (χ1n) is 7.39. The second kappa shape index (κ2) is 5.06. The van der Waals surface area contributed by atoms with E-state index in [4.69, 9.17) is 5.11 Å². The molecule has 3 rings (SSSR count). The van der Waals surface area contributed by atoms with Gasteiger partial charge in [-0.05, 0) is 67.7 Å². The van der Waals surface area contributed by atoms with Crippen molar-refractivity contribution in [3.63, 3.8) is 0 Å². The molecule has 2 saturated carbocycles. The topological polar surface area (TPSA) is 78.4 Å². The van der Waals surface area contributed by atoms with Gasteiger partial charge >= 0.3 is 12.0 Å². The summed E-state index contributed by atoms with van der Waals surface area (Å²) in [5.74, 6) is -0.149. The van der Waals surface area contributed by atoms with Crippen LogP contribution in [0.2, 0.25) is 0 Å². The van der Waals surface area contributed by atoms with Crippen LogP contribution >= 0.6 is 0 Å². The van der Waals surface area contributed by atoms with E-state index in [1.807, 2.05) is 0 Å². The summed E-state index contributed by atoms with van der Waals surface area (Å²) in [5, 5.41) is 14.7. The fourth-order valence-corrected chi connectivity index (χ4v) is 2.95. The minimum atomic E-state index is -0.964. The Labute approximate surface area is 123 Å². The highest BCUT2D eigenvalue weighted by atomic mass is 16.4. The lowest BCUT2D eigenvalue weighted by molar-refractivity contribution is 0.0697. The lowest BCUT2D eigenvalue weighted by atomic mass is 10.0. The summed E-state index contributed by atoms with van der Waals surface area (Å²) < 4.78 is 0. The van der Waals surface area contributed by atoms with Crippen LogP contribution in [0.1, 0.15) is 41.6 Å². The molecule has 5 heteroatoms. The fourth-order valence-electron chi connectivity index (χ4n) is 2.95. The van der Waals surface area contributed by atoms with E-state index in [0.717, 1.165) is 18.0 Å². The second-order valence-corrected chi connectivity index (χ2v) is 6.28. The molecule has 112 valence electrons. The van der Waals surface area contributed by atoms with E-state index >= 15 is 0 Å². The third-order valence-corrected chi connectivity index (χ3v) is 4.66. The van der Waals surface area contributed by atoms with Gasteiger partial charge in [-0.15, -0.1) is 0 Å².